The Morgan fingerprint density at radius 1 is 1.00 bits per heavy atom. The lowest BCUT2D eigenvalue weighted by molar-refractivity contribution is 0.0780. The summed E-state index contributed by atoms with van der Waals surface area (Å²) in [6.07, 6.45) is 3.60. The van der Waals surface area contributed by atoms with Crippen molar-refractivity contribution in [3.63, 3.8) is 0 Å². The van der Waals surface area contributed by atoms with Crippen LogP contribution in [-0.4, -0.2) is 39.2 Å². The lowest BCUT2D eigenvalue weighted by Gasteiger charge is -2.18. The van der Waals surface area contributed by atoms with Crippen molar-refractivity contribution in [3.8, 4) is 22.8 Å². The molecule has 2 aromatic heterocycles. The highest BCUT2D eigenvalue weighted by molar-refractivity contribution is 5.96. The SMILES string of the molecule is CCOc1ncccc1C(=O)N(C)Cc1cn(-c2ccccc2)nc1-c1ccccc1. The van der Waals surface area contributed by atoms with Crippen molar-refractivity contribution < 1.29 is 9.53 Å². The Morgan fingerprint density at radius 3 is 2.42 bits per heavy atom. The average Bonchev–Trinajstić information content (AvgIpc) is 3.24. The predicted molar refractivity (Wildman–Crippen MR) is 120 cm³/mol. The summed E-state index contributed by atoms with van der Waals surface area (Å²) in [5.74, 6) is 0.202. The molecule has 0 unspecified atom stereocenters. The van der Waals surface area contributed by atoms with E-state index in [0.717, 1.165) is 22.5 Å². The van der Waals surface area contributed by atoms with Crippen LogP contribution in [0.2, 0.25) is 0 Å². The number of carbonyl (C=O) groups excluding carboxylic acids is 1. The van der Waals surface area contributed by atoms with Crippen molar-refractivity contribution in [2.24, 2.45) is 0 Å². The molecule has 0 N–H and O–H groups in total. The molecule has 0 aliphatic carbocycles. The lowest BCUT2D eigenvalue weighted by atomic mass is 10.1. The second kappa shape index (κ2) is 9.26. The molecule has 156 valence electrons. The fourth-order valence-corrected chi connectivity index (χ4v) is 3.42. The van der Waals surface area contributed by atoms with Crippen molar-refractivity contribution in [1.82, 2.24) is 19.7 Å². The molecule has 2 aromatic carbocycles. The molecule has 0 radical (unpaired) electrons. The molecule has 0 spiro atoms. The lowest BCUT2D eigenvalue weighted by Crippen LogP contribution is -2.27. The van der Waals surface area contributed by atoms with Crippen LogP contribution in [0.5, 0.6) is 5.88 Å². The monoisotopic (exact) mass is 412 g/mol. The number of pyridine rings is 1. The molecule has 0 fully saturated rings. The van der Waals surface area contributed by atoms with E-state index in [0.29, 0.717) is 24.6 Å². The summed E-state index contributed by atoms with van der Waals surface area (Å²) in [6, 6.07) is 23.4. The highest BCUT2D eigenvalue weighted by atomic mass is 16.5. The Bertz CT molecular complexity index is 1160. The van der Waals surface area contributed by atoms with Gasteiger partial charge in [-0.25, -0.2) is 9.67 Å². The second-order valence-electron chi connectivity index (χ2n) is 7.10. The van der Waals surface area contributed by atoms with Gasteiger partial charge in [-0.15, -0.1) is 0 Å². The van der Waals surface area contributed by atoms with E-state index in [9.17, 15) is 4.79 Å². The first-order chi connectivity index (χ1) is 15.2. The van der Waals surface area contributed by atoms with Crippen LogP contribution >= 0.6 is 0 Å². The van der Waals surface area contributed by atoms with Crippen LogP contribution in [0.25, 0.3) is 16.9 Å². The van der Waals surface area contributed by atoms with Gasteiger partial charge in [-0.05, 0) is 31.2 Å². The van der Waals surface area contributed by atoms with Gasteiger partial charge in [0.05, 0.1) is 18.0 Å². The van der Waals surface area contributed by atoms with Crippen molar-refractivity contribution >= 4 is 5.91 Å². The van der Waals surface area contributed by atoms with Crippen LogP contribution in [0, 0.1) is 0 Å². The van der Waals surface area contributed by atoms with Crippen LogP contribution in [0.15, 0.2) is 85.2 Å². The molecule has 0 atom stereocenters. The van der Waals surface area contributed by atoms with Gasteiger partial charge in [0.2, 0.25) is 5.88 Å². The molecular formula is C25H24N4O2. The molecule has 2 heterocycles. The fraction of sp³-hybridized carbons (Fsp3) is 0.160. The maximum atomic E-state index is 13.1. The zero-order chi connectivity index (χ0) is 21.6. The summed E-state index contributed by atoms with van der Waals surface area (Å²) >= 11 is 0. The molecule has 4 aromatic rings. The van der Waals surface area contributed by atoms with Crippen molar-refractivity contribution in [3.05, 3.63) is 96.3 Å². The van der Waals surface area contributed by atoms with Gasteiger partial charge in [-0.1, -0.05) is 48.5 Å². The molecule has 0 bridgehead atoms. The largest absolute Gasteiger partial charge is 0.477 e. The molecule has 1 amide bonds. The van der Waals surface area contributed by atoms with E-state index in [1.54, 1.807) is 30.3 Å². The number of rotatable bonds is 7. The zero-order valence-corrected chi connectivity index (χ0v) is 17.6. The summed E-state index contributed by atoms with van der Waals surface area (Å²) in [5, 5.41) is 4.82. The topological polar surface area (TPSA) is 60.2 Å². The van der Waals surface area contributed by atoms with Gasteiger partial charge in [-0.3, -0.25) is 4.79 Å². The minimum absolute atomic E-state index is 0.150. The quantitative estimate of drug-likeness (QED) is 0.445. The van der Waals surface area contributed by atoms with Crippen LogP contribution < -0.4 is 4.74 Å². The highest BCUT2D eigenvalue weighted by Gasteiger charge is 2.21. The van der Waals surface area contributed by atoms with Gasteiger partial charge in [0.25, 0.3) is 5.91 Å². The van der Waals surface area contributed by atoms with E-state index >= 15 is 0 Å². The predicted octanol–water partition coefficient (Wildman–Crippen LogP) is 4.61. The molecule has 0 aliphatic rings. The number of carbonyl (C=O) groups is 1. The number of benzene rings is 2. The summed E-state index contributed by atoms with van der Waals surface area (Å²) in [5.41, 5.74) is 4.21. The summed E-state index contributed by atoms with van der Waals surface area (Å²) in [6.45, 7) is 2.72. The van der Waals surface area contributed by atoms with Crippen molar-refractivity contribution in [2.45, 2.75) is 13.5 Å². The van der Waals surface area contributed by atoms with Gasteiger partial charge in [0.1, 0.15) is 5.56 Å². The van der Waals surface area contributed by atoms with E-state index in [-0.39, 0.29) is 5.91 Å². The molecule has 0 saturated heterocycles. The third-order valence-corrected chi connectivity index (χ3v) is 4.89. The Hall–Kier alpha value is -3.93. The van der Waals surface area contributed by atoms with Gasteiger partial charge in [0, 0.05) is 37.1 Å². The van der Waals surface area contributed by atoms with Crippen LogP contribution in [0.4, 0.5) is 0 Å². The van der Waals surface area contributed by atoms with E-state index in [1.807, 2.05) is 78.5 Å². The van der Waals surface area contributed by atoms with Gasteiger partial charge >= 0.3 is 0 Å². The van der Waals surface area contributed by atoms with E-state index in [2.05, 4.69) is 4.98 Å². The molecular weight excluding hydrogens is 388 g/mol. The number of nitrogens with zero attached hydrogens (tertiary/aromatic N) is 4. The van der Waals surface area contributed by atoms with Crippen molar-refractivity contribution in [1.29, 1.82) is 0 Å². The van der Waals surface area contributed by atoms with Gasteiger partial charge in [0.15, 0.2) is 0 Å². The Balaban J connectivity index is 1.67. The summed E-state index contributed by atoms with van der Waals surface area (Å²) in [4.78, 5) is 19.0. The number of hydrogen-bond donors (Lipinski definition) is 0. The maximum absolute atomic E-state index is 13.1. The Labute approximate surface area is 181 Å². The first-order valence-corrected chi connectivity index (χ1v) is 10.2. The normalized spacial score (nSPS) is 10.6. The number of para-hydroxylation sites is 1. The molecule has 4 rings (SSSR count). The third-order valence-electron chi connectivity index (χ3n) is 4.89. The molecule has 0 saturated carbocycles. The number of amides is 1. The third kappa shape index (κ3) is 4.48. The maximum Gasteiger partial charge on any atom is 0.259 e. The van der Waals surface area contributed by atoms with Gasteiger partial charge in [-0.2, -0.15) is 5.10 Å². The highest BCUT2D eigenvalue weighted by Crippen LogP contribution is 2.26. The Morgan fingerprint density at radius 2 is 1.71 bits per heavy atom. The van der Waals surface area contributed by atoms with Crippen LogP contribution in [-0.2, 0) is 6.54 Å². The first-order valence-electron chi connectivity index (χ1n) is 10.2. The minimum Gasteiger partial charge on any atom is -0.477 e. The standard InChI is InChI=1S/C25H24N4O2/c1-3-31-24-22(15-10-16-26-24)25(30)28(2)17-20-18-29(21-13-8-5-9-14-21)27-23(20)19-11-6-4-7-12-19/h4-16,18H,3,17H2,1-2H3. The zero-order valence-electron chi connectivity index (χ0n) is 17.6. The number of aromatic nitrogens is 3. The average molecular weight is 412 g/mol. The molecule has 6 heteroatoms. The Kier molecular flexibility index (Phi) is 6.08. The molecule has 6 nitrogen and oxygen atoms in total. The smallest absolute Gasteiger partial charge is 0.259 e. The second-order valence-corrected chi connectivity index (χ2v) is 7.10. The van der Waals surface area contributed by atoms with E-state index in [4.69, 9.17) is 9.84 Å². The van der Waals surface area contributed by atoms with Gasteiger partial charge < -0.3 is 9.64 Å². The van der Waals surface area contributed by atoms with Crippen LogP contribution in [0.3, 0.4) is 0 Å². The summed E-state index contributed by atoms with van der Waals surface area (Å²) in [7, 11) is 1.78. The summed E-state index contributed by atoms with van der Waals surface area (Å²) < 4.78 is 7.39. The van der Waals surface area contributed by atoms with E-state index < -0.39 is 0 Å². The minimum atomic E-state index is -0.150. The molecule has 31 heavy (non-hydrogen) atoms. The number of ether oxygens (including phenoxy) is 1. The first kappa shape index (κ1) is 20.3. The fourth-order valence-electron chi connectivity index (χ4n) is 3.42. The van der Waals surface area contributed by atoms with Crippen LogP contribution in [0.1, 0.15) is 22.8 Å². The number of hydrogen-bond acceptors (Lipinski definition) is 4. The van der Waals surface area contributed by atoms with Crippen molar-refractivity contribution in [2.75, 3.05) is 13.7 Å². The molecule has 0 aliphatic heterocycles. The van der Waals surface area contributed by atoms with E-state index in [1.165, 1.54) is 0 Å².